The van der Waals surface area contributed by atoms with E-state index < -0.39 is 0 Å². The molecule has 1 nitrogen and oxygen atoms in total. The molecule has 1 heterocycles. The Hall–Kier alpha value is -0.470. The molecule has 2 heteroatoms. The van der Waals surface area contributed by atoms with Gasteiger partial charge in [-0.15, -0.1) is 0 Å². The summed E-state index contributed by atoms with van der Waals surface area (Å²) < 4.78 is 0. The zero-order valence-electron chi connectivity index (χ0n) is 9.11. The Morgan fingerprint density at radius 2 is 1.87 bits per heavy atom. The molecule has 0 saturated carbocycles. The molecule has 1 aliphatic rings. The van der Waals surface area contributed by atoms with Gasteiger partial charge >= 0.3 is 0 Å². The molecule has 1 fully saturated rings. The third kappa shape index (κ3) is 3.88. The SMILES string of the molecule is c1ccc(CCSC2CCNCC2)cc1. The minimum atomic E-state index is 0.898. The number of benzene rings is 1. The van der Waals surface area contributed by atoms with Crippen molar-refractivity contribution in [2.24, 2.45) is 0 Å². The highest BCUT2D eigenvalue weighted by atomic mass is 32.2. The molecule has 1 N–H and O–H groups in total. The summed E-state index contributed by atoms with van der Waals surface area (Å²) in [5.74, 6) is 1.27. The van der Waals surface area contributed by atoms with Crippen molar-refractivity contribution in [3.63, 3.8) is 0 Å². The summed E-state index contributed by atoms with van der Waals surface area (Å²) in [4.78, 5) is 0. The molecule has 0 radical (unpaired) electrons. The van der Waals surface area contributed by atoms with Crippen molar-refractivity contribution in [1.29, 1.82) is 0 Å². The number of piperidine rings is 1. The zero-order valence-corrected chi connectivity index (χ0v) is 9.93. The fourth-order valence-electron chi connectivity index (χ4n) is 1.95. The summed E-state index contributed by atoms with van der Waals surface area (Å²) in [6.45, 7) is 2.42. The van der Waals surface area contributed by atoms with Gasteiger partial charge in [0, 0.05) is 5.25 Å². The quantitative estimate of drug-likeness (QED) is 0.839. The first kappa shape index (κ1) is 11.0. The number of aryl methyl sites for hydroxylation is 1. The van der Waals surface area contributed by atoms with E-state index in [4.69, 9.17) is 0 Å². The van der Waals surface area contributed by atoms with Crippen LogP contribution >= 0.6 is 11.8 Å². The summed E-state index contributed by atoms with van der Waals surface area (Å²) >= 11 is 2.15. The van der Waals surface area contributed by atoms with Crippen molar-refractivity contribution in [3.8, 4) is 0 Å². The van der Waals surface area contributed by atoms with E-state index in [0.29, 0.717) is 0 Å². The number of hydrogen-bond donors (Lipinski definition) is 1. The summed E-state index contributed by atoms with van der Waals surface area (Å²) in [5.41, 5.74) is 1.47. The van der Waals surface area contributed by atoms with E-state index in [-0.39, 0.29) is 0 Å². The Bertz CT molecular complexity index is 267. The molecule has 2 rings (SSSR count). The van der Waals surface area contributed by atoms with E-state index in [2.05, 4.69) is 47.4 Å². The summed E-state index contributed by atoms with van der Waals surface area (Å²) in [6, 6.07) is 10.8. The number of rotatable bonds is 4. The Balaban J connectivity index is 1.66. The van der Waals surface area contributed by atoms with Crippen molar-refractivity contribution in [1.82, 2.24) is 5.32 Å². The van der Waals surface area contributed by atoms with Gasteiger partial charge in [0.2, 0.25) is 0 Å². The Morgan fingerprint density at radius 1 is 1.13 bits per heavy atom. The molecule has 15 heavy (non-hydrogen) atoms. The van der Waals surface area contributed by atoms with Gasteiger partial charge in [-0.1, -0.05) is 30.3 Å². The highest BCUT2D eigenvalue weighted by Crippen LogP contribution is 2.20. The van der Waals surface area contributed by atoms with Crippen molar-refractivity contribution in [2.75, 3.05) is 18.8 Å². The maximum absolute atomic E-state index is 3.41. The van der Waals surface area contributed by atoms with Gasteiger partial charge in [-0.2, -0.15) is 11.8 Å². The van der Waals surface area contributed by atoms with Crippen LogP contribution in [0.1, 0.15) is 18.4 Å². The van der Waals surface area contributed by atoms with Gasteiger partial charge in [0.05, 0.1) is 0 Å². The van der Waals surface area contributed by atoms with Crippen LogP contribution in [0.2, 0.25) is 0 Å². The molecule has 0 spiro atoms. The second-order valence-corrected chi connectivity index (χ2v) is 5.46. The first-order chi connectivity index (χ1) is 7.45. The van der Waals surface area contributed by atoms with Crippen molar-refractivity contribution >= 4 is 11.8 Å². The lowest BCUT2D eigenvalue weighted by atomic mass is 10.2. The minimum absolute atomic E-state index is 0.898. The van der Waals surface area contributed by atoms with Crippen LogP contribution in [0.25, 0.3) is 0 Å². The maximum Gasteiger partial charge on any atom is 0.00713 e. The van der Waals surface area contributed by atoms with E-state index >= 15 is 0 Å². The van der Waals surface area contributed by atoms with E-state index in [1.54, 1.807) is 0 Å². The van der Waals surface area contributed by atoms with E-state index in [1.165, 1.54) is 43.7 Å². The second kappa shape index (κ2) is 6.19. The van der Waals surface area contributed by atoms with Gasteiger partial charge in [0.25, 0.3) is 0 Å². The van der Waals surface area contributed by atoms with Crippen LogP contribution in [-0.4, -0.2) is 24.1 Å². The number of thioether (sulfide) groups is 1. The Morgan fingerprint density at radius 3 is 2.60 bits per heavy atom. The molecule has 1 aromatic carbocycles. The Labute approximate surface area is 96.7 Å². The summed E-state index contributed by atoms with van der Waals surface area (Å²) in [6.07, 6.45) is 3.91. The van der Waals surface area contributed by atoms with E-state index in [0.717, 1.165) is 5.25 Å². The average molecular weight is 221 g/mol. The predicted molar refractivity (Wildman–Crippen MR) is 68.5 cm³/mol. The molecular weight excluding hydrogens is 202 g/mol. The largest absolute Gasteiger partial charge is 0.317 e. The highest BCUT2D eigenvalue weighted by molar-refractivity contribution is 7.99. The van der Waals surface area contributed by atoms with Crippen LogP contribution in [-0.2, 0) is 6.42 Å². The molecule has 1 aliphatic heterocycles. The van der Waals surface area contributed by atoms with Crippen LogP contribution in [0.15, 0.2) is 30.3 Å². The molecule has 1 aromatic rings. The van der Waals surface area contributed by atoms with Gasteiger partial charge in [-0.25, -0.2) is 0 Å². The van der Waals surface area contributed by atoms with Crippen LogP contribution < -0.4 is 5.32 Å². The molecule has 0 aliphatic carbocycles. The molecular formula is C13H19NS. The Kier molecular flexibility index (Phi) is 4.55. The maximum atomic E-state index is 3.41. The molecule has 0 atom stereocenters. The third-order valence-corrected chi connectivity index (χ3v) is 4.26. The van der Waals surface area contributed by atoms with Gasteiger partial charge in [-0.3, -0.25) is 0 Å². The van der Waals surface area contributed by atoms with Crippen LogP contribution in [0.4, 0.5) is 0 Å². The minimum Gasteiger partial charge on any atom is -0.317 e. The van der Waals surface area contributed by atoms with E-state index in [1.807, 2.05) is 0 Å². The normalized spacial score (nSPS) is 17.9. The molecule has 0 amide bonds. The molecule has 1 saturated heterocycles. The van der Waals surface area contributed by atoms with Crippen LogP contribution in [0.5, 0.6) is 0 Å². The van der Waals surface area contributed by atoms with E-state index in [9.17, 15) is 0 Å². The van der Waals surface area contributed by atoms with Crippen LogP contribution in [0.3, 0.4) is 0 Å². The molecule has 82 valence electrons. The van der Waals surface area contributed by atoms with Crippen molar-refractivity contribution in [3.05, 3.63) is 35.9 Å². The summed E-state index contributed by atoms with van der Waals surface area (Å²) in [5, 5.41) is 4.31. The molecule has 0 unspecified atom stereocenters. The van der Waals surface area contributed by atoms with Gasteiger partial charge in [0.15, 0.2) is 0 Å². The highest BCUT2D eigenvalue weighted by Gasteiger charge is 2.12. The first-order valence-corrected chi connectivity index (χ1v) is 6.86. The lowest BCUT2D eigenvalue weighted by molar-refractivity contribution is 0.531. The molecule has 0 aromatic heterocycles. The van der Waals surface area contributed by atoms with Gasteiger partial charge < -0.3 is 5.32 Å². The van der Waals surface area contributed by atoms with Gasteiger partial charge in [-0.05, 0) is 43.7 Å². The fourth-order valence-corrected chi connectivity index (χ4v) is 3.21. The third-order valence-electron chi connectivity index (χ3n) is 2.87. The lowest BCUT2D eigenvalue weighted by Gasteiger charge is -2.21. The van der Waals surface area contributed by atoms with Crippen LogP contribution in [0, 0.1) is 0 Å². The standard InChI is InChI=1S/C13H19NS/c1-2-4-12(5-3-1)8-11-15-13-6-9-14-10-7-13/h1-5,13-14H,6-11H2. The second-order valence-electron chi connectivity index (χ2n) is 4.06. The smallest absolute Gasteiger partial charge is 0.00713 e. The summed E-state index contributed by atoms with van der Waals surface area (Å²) in [7, 11) is 0. The average Bonchev–Trinajstić information content (AvgIpc) is 2.32. The lowest BCUT2D eigenvalue weighted by Crippen LogP contribution is -2.29. The zero-order chi connectivity index (χ0) is 10.3. The number of nitrogens with one attached hydrogen (secondary N) is 1. The first-order valence-electron chi connectivity index (χ1n) is 5.81. The fraction of sp³-hybridized carbons (Fsp3) is 0.538. The van der Waals surface area contributed by atoms with Crippen molar-refractivity contribution < 1.29 is 0 Å². The monoisotopic (exact) mass is 221 g/mol. The van der Waals surface area contributed by atoms with Crippen molar-refractivity contribution in [2.45, 2.75) is 24.5 Å². The topological polar surface area (TPSA) is 12.0 Å². The predicted octanol–water partition coefficient (Wildman–Crippen LogP) is 2.71. The molecule has 0 bridgehead atoms. The number of hydrogen-bond acceptors (Lipinski definition) is 2. The van der Waals surface area contributed by atoms with Gasteiger partial charge in [0.1, 0.15) is 0 Å².